The van der Waals surface area contributed by atoms with Crippen molar-refractivity contribution in [2.24, 2.45) is 0 Å². The molecule has 1 fully saturated rings. The van der Waals surface area contributed by atoms with E-state index in [1.165, 1.54) is 32.2 Å². The molecule has 3 heteroatoms. The number of rotatable bonds is 6. The summed E-state index contributed by atoms with van der Waals surface area (Å²) in [7, 11) is 0. The second kappa shape index (κ2) is 6.87. The zero-order chi connectivity index (χ0) is 12.0. The number of thioether (sulfide) groups is 1. The van der Waals surface area contributed by atoms with Gasteiger partial charge >= 0.3 is 0 Å². The molecule has 2 atom stereocenters. The van der Waals surface area contributed by atoms with E-state index in [-0.39, 0.29) is 0 Å². The highest BCUT2D eigenvalue weighted by Crippen LogP contribution is 2.20. The summed E-state index contributed by atoms with van der Waals surface area (Å²) in [4.78, 5) is 0. The van der Waals surface area contributed by atoms with Gasteiger partial charge in [-0.05, 0) is 52.8 Å². The average molecular weight is 244 g/mol. The van der Waals surface area contributed by atoms with Gasteiger partial charge in [-0.25, -0.2) is 0 Å². The summed E-state index contributed by atoms with van der Waals surface area (Å²) in [6.45, 7) is 9.23. The van der Waals surface area contributed by atoms with Gasteiger partial charge in [0, 0.05) is 23.4 Å². The summed E-state index contributed by atoms with van der Waals surface area (Å²) < 4.78 is 0.355. The second-order valence-corrected chi connectivity index (χ2v) is 7.14. The van der Waals surface area contributed by atoms with Crippen molar-refractivity contribution < 1.29 is 0 Å². The monoisotopic (exact) mass is 244 g/mol. The van der Waals surface area contributed by atoms with Gasteiger partial charge in [-0.15, -0.1) is 0 Å². The zero-order valence-electron chi connectivity index (χ0n) is 11.3. The van der Waals surface area contributed by atoms with Crippen LogP contribution in [-0.4, -0.2) is 36.2 Å². The van der Waals surface area contributed by atoms with E-state index in [0.717, 1.165) is 12.6 Å². The van der Waals surface area contributed by atoms with Gasteiger partial charge in [0.05, 0.1) is 0 Å². The van der Waals surface area contributed by atoms with E-state index in [0.29, 0.717) is 10.8 Å². The molecule has 96 valence electrons. The Balaban J connectivity index is 2.17. The van der Waals surface area contributed by atoms with E-state index in [1.54, 1.807) is 0 Å². The molecule has 2 unspecified atom stereocenters. The van der Waals surface area contributed by atoms with Crippen LogP contribution in [0.15, 0.2) is 0 Å². The van der Waals surface area contributed by atoms with Crippen LogP contribution in [0.3, 0.4) is 0 Å². The van der Waals surface area contributed by atoms with Crippen LogP contribution in [0.5, 0.6) is 0 Å². The van der Waals surface area contributed by atoms with E-state index in [9.17, 15) is 0 Å². The lowest BCUT2D eigenvalue weighted by molar-refractivity contribution is 0.342. The van der Waals surface area contributed by atoms with Crippen molar-refractivity contribution in [3.8, 4) is 0 Å². The van der Waals surface area contributed by atoms with Crippen molar-refractivity contribution in [3.63, 3.8) is 0 Å². The van der Waals surface area contributed by atoms with Crippen molar-refractivity contribution in [2.75, 3.05) is 19.3 Å². The fourth-order valence-corrected chi connectivity index (χ4v) is 2.36. The van der Waals surface area contributed by atoms with E-state index in [2.05, 4.69) is 37.7 Å². The fourth-order valence-electron chi connectivity index (χ4n) is 2.13. The number of hydrogen-bond acceptors (Lipinski definition) is 3. The van der Waals surface area contributed by atoms with Gasteiger partial charge in [0.25, 0.3) is 0 Å². The number of hydrogen-bond donors (Lipinski definition) is 2. The lowest BCUT2D eigenvalue weighted by Crippen LogP contribution is -2.43. The molecule has 1 aliphatic rings. The molecule has 0 aliphatic carbocycles. The molecule has 16 heavy (non-hydrogen) atoms. The van der Waals surface area contributed by atoms with Crippen LogP contribution in [0.1, 0.15) is 46.5 Å². The minimum atomic E-state index is 0.355. The van der Waals surface area contributed by atoms with Gasteiger partial charge in [-0.3, -0.25) is 0 Å². The third-order valence-electron chi connectivity index (χ3n) is 3.48. The Morgan fingerprint density at radius 3 is 2.75 bits per heavy atom. The number of nitrogens with one attached hydrogen (secondary N) is 2. The zero-order valence-corrected chi connectivity index (χ0v) is 12.1. The molecule has 1 aliphatic heterocycles. The molecule has 0 spiro atoms. The molecule has 0 amide bonds. The first-order valence-electron chi connectivity index (χ1n) is 6.55. The maximum absolute atomic E-state index is 3.66. The smallest absolute Gasteiger partial charge is 0.0225 e. The highest BCUT2D eigenvalue weighted by atomic mass is 32.2. The van der Waals surface area contributed by atoms with Gasteiger partial charge in [0.15, 0.2) is 0 Å². The molecule has 0 saturated carbocycles. The summed E-state index contributed by atoms with van der Waals surface area (Å²) in [6.07, 6.45) is 7.58. The molecule has 2 nitrogen and oxygen atoms in total. The molecule has 0 bridgehead atoms. The Bertz CT molecular complexity index is 188. The summed E-state index contributed by atoms with van der Waals surface area (Å²) in [5.41, 5.74) is 0. The Morgan fingerprint density at radius 2 is 2.19 bits per heavy atom. The molecular weight excluding hydrogens is 216 g/mol. The summed E-state index contributed by atoms with van der Waals surface area (Å²) in [5, 5.41) is 7.28. The standard InChI is InChI=1S/C13H28N2S/c1-11(15-10-13(2,3)16-4)9-12-7-5-6-8-14-12/h11-12,14-15H,5-10H2,1-4H3. The predicted molar refractivity (Wildman–Crippen MR) is 75.3 cm³/mol. The third-order valence-corrected chi connectivity index (χ3v) is 4.73. The Hall–Kier alpha value is 0.270. The normalized spacial score (nSPS) is 24.4. The van der Waals surface area contributed by atoms with Crippen LogP contribution in [0.4, 0.5) is 0 Å². The highest BCUT2D eigenvalue weighted by molar-refractivity contribution is 7.99. The molecule has 0 radical (unpaired) electrons. The highest BCUT2D eigenvalue weighted by Gasteiger charge is 2.19. The lowest BCUT2D eigenvalue weighted by atomic mass is 9.98. The first kappa shape index (κ1) is 14.3. The summed E-state index contributed by atoms with van der Waals surface area (Å²) >= 11 is 1.94. The van der Waals surface area contributed by atoms with Gasteiger partial charge in [0.1, 0.15) is 0 Å². The Morgan fingerprint density at radius 1 is 1.44 bits per heavy atom. The van der Waals surface area contributed by atoms with Crippen LogP contribution < -0.4 is 10.6 Å². The number of piperidine rings is 1. The van der Waals surface area contributed by atoms with Crippen molar-refractivity contribution in [2.45, 2.75) is 63.3 Å². The second-order valence-electron chi connectivity index (χ2n) is 5.63. The van der Waals surface area contributed by atoms with E-state index >= 15 is 0 Å². The minimum absolute atomic E-state index is 0.355. The van der Waals surface area contributed by atoms with Gasteiger partial charge in [-0.2, -0.15) is 11.8 Å². The molecule has 0 aromatic rings. The van der Waals surface area contributed by atoms with Crippen LogP contribution in [0.2, 0.25) is 0 Å². The molecule has 0 aromatic carbocycles. The van der Waals surface area contributed by atoms with Crippen LogP contribution in [0, 0.1) is 0 Å². The molecule has 1 rings (SSSR count). The Labute approximate surface area is 105 Å². The van der Waals surface area contributed by atoms with E-state index in [4.69, 9.17) is 0 Å². The molecule has 0 aromatic heterocycles. The van der Waals surface area contributed by atoms with Crippen molar-refractivity contribution in [1.29, 1.82) is 0 Å². The largest absolute Gasteiger partial charge is 0.314 e. The molecular formula is C13H28N2S. The fraction of sp³-hybridized carbons (Fsp3) is 1.00. The van der Waals surface area contributed by atoms with Crippen molar-refractivity contribution in [1.82, 2.24) is 10.6 Å². The lowest BCUT2D eigenvalue weighted by Gasteiger charge is -2.29. The third kappa shape index (κ3) is 5.55. The van der Waals surface area contributed by atoms with Gasteiger partial charge < -0.3 is 10.6 Å². The van der Waals surface area contributed by atoms with Crippen LogP contribution in [-0.2, 0) is 0 Å². The van der Waals surface area contributed by atoms with Crippen molar-refractivity contribution >= 4 is 11.8 Å². The Kier molecular flexibility index (Phi) is 6.16. The topological polar surface area (TPSA) is 24.1 Å². The average Bonchev–Trinajstić information content (AvgIpc) is 2.28. The maximum atomic E-state index is 3.66. The first-order chi connectivity index (χ1) is 7.53. The quantitative estimate of drug-likeness (QED) is 0.751. The minimum Gasteiger partial charge on any atom is -0.314 e. The van der Waals surface area contributed by atoms with Gasteiger partial charge in [0.2, 0.25) is 0 Å². The summed E-state index contributed by atoms with van der Waals surface area (Å²) in [6, 6.07) is 1.37. The van der Waals surface area contributed by atoms with E-state index < -0.39 is 0 Å². The SMILES string of the molecule is CSC(C)(C)CNC(C)CC1CCCCN1. The maximum Gasteiger partial charge on any atom is 0.0225 e. The molecule has 1 saturated heterocycles. The first-order valence-corrected chi connectivity index (χ1v) is 7.78. The molecule has 2 N–H and O–H groups in total. The van der Waals surface area contributed by atoms with Crippen LogP contribution >= 0.6 is 11.8 Å². The predicted octanol–water partition coefficient (Wildman–Crippen LogP) is 2.64. The summed E-state index contributed by atoms with van der Waals surface area (Å²) in [5.74, 6) is 0. The van der Waals surface area contributed by atoms with E-state index in [1.807, 2.05) is 11.8 Å². The van der Waals surface area contributed by atoms with Gasteiger partial charge in [-0.1, -0.05) is 6.42 Å². The van der Waals surface area contributed by atoms with Crippen LogP contribution in [0.25, 0.3) is 0 Å². The van der Waals surface area contributed by atoms with Crippen molar-refractivity contribution in [3.05, 3.63) is 0 Å². The molecule has 1 heterocycles.